The average molecular weight is 292 g/mol. The van der Waals surface area contributed by atoms with Crippen LogP contribution in [0.15, 0.2) is 0 Å². The molecule has 0 heterocycles. The van der Waals surface area contributed by atoms with Crippen LogP contribution in [0.25, 0.3) is 0 Å². The van der Waals surface area contributed by atoms with Gasteiger partial charge in [0, 0.05) is 27.1 Å². The third-order valence-corrected chi connectivity index (χ3v) is 1.91. The van der Waals surface area contributed by atoms with E-state index in [2.05, 4.69) is 16.4 Å². The minimum atomic E-state index is -0.255. The number of carbonyl (C=O) groups is 2. The van der Waals surface area contributed by atoms with Crippen LogP contribution in [0.3, 0.4) is 0 Å². The molecule has 0 unspecified atom stereocenters. The first-order chi connectivity index (χ1) is 9.54. The largest absolute Gasteiger partial charge is 0.463 e. The average Bonchev–Trinajstić information content (AvgIpc) is 2.39. The summed E-state index contributed by atoms with van der Waals surface area (Å²) in [5.41, 5.74) is 0. The van der Waals surface area contributed by atoms with Crippen LogP contribution in [-0.4, -0.2) is 51.6 Å². The summed E-state index contributed by atoms with van der Waals surface area (Å²) in [4.78, 5) is 20.4. The topological polar surface area (TPSA) is 71.1 Å². The molecule has 20 heavy (non-hydrogen) atoms. The SMILES string of the molecule is CCCCOCCOC(C)=O.CCOCCOC(C)=O. The summed E-state index contributed by atoms with van der Waals surface area (Å²) >= 11 is 0. The summed E-state index contributed by atoms with van der Waals surface area (Å²) in [6.07, 6.45) is 2.20. The maximum atomic E-state index is 10.3. The van der Waals surface area contributed by atoms with Gasteiger partial charge in [-0.2, -0.15) is 0 Å². The third-order valence-electron chi connectivity index (χ3n) is 1.91. The fraction of sp³-hybridized carbons (Fsp3) is 0.857. The lowest BCUT2D eigenvalue weighted by Gasteiger charge is -2.02. The van der Waals surface area contributed by atoms with Gasteiger partial charge in [-0.3, -0.25) is 9.59 Å². The molecule has 0 spiro atoms. The molecule has 0 bridgehead atoms. The summed E-state index contributed by atoms with van der Waals surface area (Å²) < 4.78 is 19.3. The minimum absolute atomic E-state index is 0.246. The third kappa shape index (κ3) is 25.6. The van der Waals surface area contributed by atoms with Crippen LogP contribution in [0.5, 0.6) is 0 Å². The number of esters is 2. The van der Waals surface area contributed by atoms with Crippen LogP contribution in [0, 0.1) is 0 Å². The van der Waals surface area contributed by atoms with Gasteiger partial charge < -0.3 is 18.9 Å². The highest BCUT2D eigenvalue weighted by Gasteiger charge is 1.91. The molecule has 0 aliphatic rings. The summed E-state index contributed by atoms with van der Waals surface area (Å²) in [6, 6.07) is 0. The Morgan fingerprint density at radius 3 is 1.65 bits per heavy atom. The molecular weight excluding hydrogens is 264 g/mol. The summed E-state index contributed by atoms with van der Waals surface area (Å²) in [5.74, 6) is -0.501. The molecule has 6 nitrogen and oxygen atoms in total. The van der Waals surface area contributed by atoms with Crippen molar-refractivity contribution in [3.63, 3.8) is 0 Å². The first-order valence-corrected chi connectivity index (χ1v) is 6.96. The number of ether oxygens (including phenoxy) is 4. The summed E-state index contributed by atoms with van der Waals surface area (Å²) in [6.45, 7) is 9.96. The molecule has 0 radical (unpaired) electrons. The van der Waals surface area contributed by atoms with Gasteiger partial charge in [-0.05, 0) is 13.3 Å². The Morgan fingerprint density at radius 2 is 1.25 bits per heavy atom. The number of hydrogen-bond donors (Lipinski definition) is 0. The lowest BCUT2D eigenvalue weighted by Crippen LogP contribution is -2.07. The van der Waals surface area contributed by atoms with Gasteiger partial charge in [0.2, 0.25) is 0 Å². The van der Waals surface area contributed by atoms with Gasteiger partial charge in [0.25, 0.3) is 0 Å². The maximum absolute atomic E-state index is 10.3. The zero-order chi connectivity index (χ0) is 15.6. The molecule has 0 saturated carbocycles. The monoisotopic (exact) mass is 292 g/mol. The Balaban J connectivity index is 0. The van der Waals surface area contributed by atoms with Crippen LogP contribution in [0.1, 0.15) is 40.5 Å². The summed E-state index contributed by atoms with van der Waals surface area (Å²) in [5, 5.41) is 0. The molecule has 0 amide bonds. The lowest BCUT2D eigenvalue weighted by molar-refractivity contribution is -0.143. The first-order valence-electron chi connectivity index (χ1n) is 6.96. The quantitative estimate of drug-likeness (QED) is 0.453. The van der Waals surface area contributed by atoms with Gasteiger partial charge >= 0.3 is 11.9 Å². The summed E-state index contributed by atoms with van der Waals surface area (Å²) in [7, 11) is 0. The van der Waals surface area contributed by atoms with Crippen molar-refractivity contribution in [2.75, 3.05) is 39.6 Å². The molecule has 0 aromatic heterocycles. The molecule has 0 N–H and O–H groups in total. The molecule has 0 atom stereocenters. The standard InChI is InChI=1S/C8H16O3.C6H12O3/c1-3-4-5-10-6-7-11-8(2)9;1-3-8-4-5-9-6(2)7/h3-7H2,1-2H3;3-5H2,1-2H3. The molecule has 0 aliphatic carbocycles. The molecule has 0 aliphatic heterocycles. The molecule has 6 heteroatoms. The molecule has 0 fully saturated rings. The van der Waals surface area contributed by atoms with E-state index in [4.69, 9.17) is 9.47 Å². The second kappa shape index (κ2) is 17.9. The van der Waals surface area contributed by atoms with Gasteiger partial charge in [0.15, 0.2) is 0 Å². The van der Waals surface area contributed by atoms with Crippen molar-refractivity contribution in [3.8, 4) is 0 Å². The van der Waals surface area contributed by atoms with Crippen LogP contribution < -0.4 is 0 Å². The Bertz CT molecular complexity index is 230. The minimum Gasteiger partial charge on any atom is -0.463 e. The highest BCUT2D eigenvalue weighted by molar-refractivity contribution is 5.66. The molecular formula is C14H28O6. The van der Waals surface area contributed by atoms with Crippen molar-refractivity contribution >= 4 is 11.9 Å². The molecule has 120 valence electrons. The number of hydrogen-bond acceptors (Lipinski definition) is 6. The molecule has 0 aromatic carbocycles. The number of unbranched alkanes of at least 4 members (excludes halogenated alkanes) is 1. The Morgan fingerprint density at radius 1 is 0.750 bits per heavy atom. The van der Waals surface area contributed by atoms with E-state index in [-0.39, 0.29) is 11.9 Å². The second-order valence-electron chi connectivity index (χ2n) is 3.84. The van der Waals surface area contributed by atoms with Gasteiger partial charge in [0.05, 0.1) is 13.2 Å². The van der Waals surface area contributed by atoms with Crippen LogP contribution in [0.4, 0.5) is 0 Å². The van der Waals surface area contributed by atoms with E-state index in [1.165, 1.54) is 13.8 Å². The predicted molar refractivity (Wildman–Crippen MR) is 75.5 cm³/mol. The fourth-order valence-electron chi connectivity index (χ4n) is 0.981. The van der Waals surface area contributed by atoms with Crippen molar-refractivity contribution in [3.05, 3.63) is 0 Å². The first kappa shape index (κ1) is 21.2. The van der Waals surface area contributed by atoms with Gasteiger partial charge in [0.1, 0.15) is 13.2 Å². The highest BCUT2D eigenvalue weighted by atomic mass is 16.6. The van der Waals surface area contributed by atoms with Crippen molar-refractivity contribution in [2.24, 2.45) is 0 Å². The maximum Gasteiger partial charge on any atom is 0.302 e. The normalized spacial score (nSPS) is 9.40. The van der Waals surface area contributed by atoms with Crippen LogP contribution in [-0.2, 0) is 28.5 Å². The van der Waals surface area contributed by atoms with Gasteiger partial charge in [-0.25, -0.2) is 0 Å². The number of rotatable bonds is 10. The van der Waals surface area contributed by atoms with E-state index in [9.17, 15) is 9.59 Å². The van der Waals surface area contributed by atoms with E-state index >= 15 is 0 Å². The van der Waals surface area contributed by atoms with E-state index in [1.54, 1.807) is 0 Å². The lowest BCUT2D eigenvalue weighted by atomic mass is 10.4. The number of carbonyl (C=O) groups excluding carboxylic acids is 2. The molecule has 0 rings (SSSR count). The van der Waals surface area contributed by atoms with Crippen LogP contribution >= 0.6 is 0 Å². The van der Waals surface area contributed by atoms with E-state index < -0.39 is 0 Å². The van der Waals surface area contributed by atoms with Crippen LogP contribution in [0.2, 0.25) is 0 Å². The van der Waals surface area contributed by atoms with Gasteiger partial charge in [-0.1, -0.05) is 13.3 Å². The zero-order valence-electron chi connectivity index (χ0n) is 13.1. The Kier molecular flexibility index (Phi) is 18.9. The predicted octanol–water partition coefficient (Wildman–Crippen LogP) is 1.95. The van der Waals surface area contributed by atoms with Gasteiger partial charge in [-0.15, -0.1) is 0 Å². The zero-order valence-corrected chi connectivity index (χ0v) is 13.1. The van der Waals surface area contributed by atoms with E-state index in [0.717, 1.165) is 19.4 Å². The Labute approximate surface area is 121 Å². The molecule has 0 saturated heterocycles. The van der Waals surface area contributed by atoms with Crippen molar-refractivity contribution < 1.29 is 28.5 Å². The van der Waals surface area contributed by atoms with Crippen molar-refractivity contribution in [2.45, 2.75) is 40.5 Å². The highest BCUT2D eigenvalue weighted by Crippen LogP contribution is 1.87. The Hall–Kier alpha value is -1.14. The van der Waals surface area contributed by atoms with E-state index in [1.807, 2.05) is 6.92 Å². The second-order valence-corrected chi connectivity index (χ2v) is 3.84. The smallest absolute Gasteiger partial charge is 0.302 e. The molecule has 0 aromatic rings. The van der Waals surface area contributed by atoms with Crippen molar-refractivity contribution in [1.29, 1.82) is 0 Å². The van der Waals surface area contributed by atoms with E-state index in [0.29, 0.717) is 33.0 Å². The fourth-order valence-corrected chi connectivity index (χ4v) is 0.981. The van der Waals surface area contributed by atoms with Crippen molar-refractivity contribution in [1.82, 2.24) is 0 Å².